The van der Waals surface area contributed by atoms with Crippen molar-refractivity contribution < 1.29 is 9.18 Å². The number of halogens is 2. The van der Waals surface area contributed by atoms with Crippen LogP contribution in [0.2, 0.25) is 5.02 Å². The van der Waals surface area contributed by atoms with Crippen molar-refractivity contribution >= 4 is 17.5 Å². The highest BCUT2D eigenvalue weighted by Crippen LogP contribution is 2.15. The average Bonchev–Trinajstić information content (AvgIpc) is 2.06. The Morgan fingerprint density at radius 1 is 1.40 bits per heavy atom. The van der Waals surface area contributed by atoms with Crippen LogP contribution in [0.3, 0.4) is 0 Å². The normalized spacial score (nSPS) is 11.3. The van der Waals surface area contributed by atoms with E-state index < -0.39 is 17.3 Å². The molecule has 0 bridgehead atoms. The van der Waals surface area contributed by atoms with Crippen LogP contribution in [0.5, 0.6) is 0 Å². The van der Waals surface area contributed by atoms with E-state index in [0.717, 1.165) is 0 Å². The third kappa shape index (κ3) is 3.51. The number of carbonyl (C=O) groups is 1. The summed E-state index contributed by atoms with van der Waals surface area (Å²) in [5.41, 5.74) is -0.427. The molecule has 0 saturated carbocycles. The first-order valence-electron chi connectivity index (χ1n) is 4.57. The molecule has 0 aliphatic carbocycles. The summed E-state index contributed by atoms with van der Waals surface area (Å²) < 4.78 is 13.3. The monoisotopic (exact) mass is 229 g/mol. The Morgan fingerprint density at radius 3 is 2.53 bits per heavy atom. The van der Waals surface area contributed by atoms with E-state index in [1.165, 1.54) is 18.2 Å². The van der Waals surface area contributed by atoms with Crippen LogP contribution in [-0.4, -0.2) is 11.4 Å². The first-order chi connectivity index (χ1) is 6.79. The third-order valence-corrected chi connectivity index (χ3v) is 1.90. The highest BCUT2D eigenvalue weighted by atomic mass is 35.5. The van der Waals surface area contributed by atoms with Gasteiger partial charge in [0, 0.05) is 10.6 Å². The highest BCUT2D eigenvalue weighted by Gasteiger charge is 2.18. The van der Waals surface area contributed by atoms with E-state index in [0.29, 0.717) is 5.02 Å². The summed E-state index contributed by atoms with van der Waals surface area (Å²) in [6, 6.07) is 3.91. The van der Waals surface area contributed by atoms with Gasteiger partial charge in [0.05, 0.1) is 5.56 Å². The second-order valence-corrected chi connectivity index (χ2v) is 4.76. The lowest BCUT2D eigenvalue weighted by atomic mass is 10.1. The minimum absolute atomic E-state index is 0.0302. The van der Waals surface area contributed by atoms with E-state index in [1.807, 2.05) is 20.8 Å². The highest BCUT2D eigenvalue weighted by molar-refractivity contribution is 6.31. The van der Waals surface area contributed by atoms with Gasteiger partial charge in [-0.3, -0.25) is 4.79 Å². The Hall–Kier alpha value is -1.09. The molecule has 0 atom stereocenters. The summed E-state index contributed by atoms with van der Waals surface area (Å²) in [4.78, 5) is 11.6. The molecule has 15 heavy (non-hydrogen) atoms. The molecule has 1 aromatic carbocycles. The van der Waals surface area contributed by atoms with Crippen LogP contribution in [0.4, 0.5) is 4.39 Å². The maximum Gasteiger partial charge on any atom is 0.254 e. The van der Waals surface area contributed by atoms with Crippen molar-refractivity contribution in [1.29, 1.82) is 0 Å². The van der Waals surface area contributed by atoms with E-state index in [2.05, 4.69) is 5.32 Å². The van der Waals surface area contributed by atoms with Crippen molar-refractivity contribution in [3.05, 3.63) is 34.6 Å². The molecule has 4 heteroatoms. The Balaban J connectivity index is 2.96. The average molecular weight is 230 g/mol. The van der Waals surface area contributed by atoms with E-state index in [1.54, 1.807) is 0 Å². The number of benzene rings is 1. The van der Waals surface area contributed by atoms with Crippen LogP contribution in [-0.2, 0) is 0 Å². The molecule has 0 fully saturated rings. The molecule has 0 heterocycles. The number of rotatable bonds is 1. The first kappa shape index (κ1) is 12.0. The van der Waals surface area contributed by atoms with Gasteiger partial charge in [-0.15, -0.1) is 0 Å². The molecule has 1 rings (SSSR count). The minimum Gasteiger partial charge on any atom is -0.347 e. The third-order valence-electron chi connectivity index (χ3n) is 1.66. The predicted molar refractivity (Wildman–Crippen MR) is 58.6 cm³/mol. The van der Waals surface area contributed by atoms with Gasteiger partial charge in [-0.25, -0.2) is 4.39 Å². The second-order valence-electron chi connectivity index (χ2n) is 4.33. The predicted octanol–water partition coefficient (Wildman–Crippen LogP) is 3.01. The van der Waals surface area contributed by atoms with Gasteiger partial charge in [0.25, 0.3) is 5.91 Å². The van der Waals surface area contributed by atoms with Crippen LogP contribution in [0.15, 0.2) is 18.2 Å². The Labute approximate surface area is 93.4 Å². The van der Waals surface area contributed by atoms with Gasteiger partial charge >= 0.3 is 0 Å². The summed E-state index contributed by atoms with van der Waals surface area (Å²) in [5.74, 6) is -1.02. The molecule has 0 saturated heterocycles. The zero-order valence-corrected chi connectivity index (χ0v) is 9.65. The van der Waals surface area contributed by atoms with Crippen LogP contribution in [0.1, 0.15) is 31.1 Å². The van der Waals surface area contributed by atoms with Crippen molar-refractivity contribution in [2.45, 2.75) is 26.3 Å². The van der Waals surface area contributed by atoms with Gasteiger partial charge in [0.1, 0.15) is 5.82 Å². The first-order valence-corrected chi connectivity index (χ1v) is 4.95. The zero-order valence-electron chi connectivity index (χ0n) is 8.90. The fourth-order valence-electron chi connectivity index (χ4n) is 1.08. The SMILES string of the molecule is CC(C)(C)NC(=O)c1cc(Cl)ccc1F. The Morgan fingerprint density at radius 2 is 2.00 bits per heavy atom. The lowest BCUT2D eigenvalue weighted by Crippen LogP contribution is -2.40. The van der Waals surface area contributed by atoms with Crippen LogP contribution in [0.25, 0.3) is 0 Å². The van der Waals surface area contributed by atoms with Gasteiger partial charge in [-0.05, 0) is 39.0 Å². The minimum atomic E-state index is -0.568. The summed E-state index contributed by atoms with van der Waals surface area (Å²) in [6.45, 7) is 5.48. The fraction of sp³-hybridized carbons (Fsp3) is 0.364. The molecular formula is C11H13ClFNO. The molecule has 1 aromatic rings. The van der Waals surface area contributed by atoms with Crippen molar-refractivity contribution in [3.8, 4) is 0 Å². The molecule has 2 nitrogen and oxygen atoms in total. The van der Waals surface area contributed by atoms with Gasteiger partial charge < -0.3 is 5.32 Å². The number of hydrogen-bond acceptors (Lipinski definition) is 1. The molecule has 0 unspecified atom stereocenters. The summed E-state index contributed by atoms with van der Waals surface area (Å²) in [5, 5.41) is 3.01. The van der Waals surface area contributed by atoms with Crippen molar-refractivity contribution in [3.63, 3.8) is 0 Å². The zero-order chi connectivity index (χ0) is 11.6. The van der Waals surface area contributed by atoms with Crippen LogP contribution >= 0.6 is 11.6 Å². The lowest BCUT2D eigenvalue weighted by molar-refractivity contribution is 0.0915. The standard InChI is InChI=1S/C11H13ClFNO/c1-11(2,3)14-10(15)8-6-7(12)4-5-9(8)13/h4-6H,1-3H3,(H,14,15). The molecule has 0 aliphatic heterocycles. The molecule has 1 N–H and O–H groups in total. The van der Waals surface area contributed by atoms with Crippen LogP contribution in [0, 0.1) is 5.82 Å². The molecule has 0 radical (unpaired) electrons. The van der Waals surface area contributed by atoms with Gasteiger partial charge in [-0.2, -0.15) is 0 Å². The smallest absolute Gasteiger partial charge is 0.254 e. The maximum absolute atomic E-state index is 13.3. The van der Waals surface area contributed by atoms with Crippen molar-refractivity contribution in [2.75, 3.05) is 0 Å². The largest absolute Gasteiger partial charge is 0.347 e. The van der Waals surface area contributed by atoms with Crippen LogP contribution < -0.4 is 5.32 Å². The molecule has 0 spiro atoms. The van der Waals surface area contributed by atoms with Gasteiger partial charge in [-0.1, -0.05) is 11.6 Å². The van der Waals surface area contributed by atoms with E-state index in [-0.39, 0.29) is 5.56 Å². The second kappa shape index (κ2) is 4.19. The number of carbonyl (C=O) groups excluding carboxylic acids is 1. The quantitative estimate of drug-likeness (QED) is 0.788. The Kier molecular flexibility index (Phi) is 3.35. The van der Waals surface area contributed by atoms with E-state index in [4.69, 9.17) is 11.6 Å². The van der Waals surface area contributed by atoms with Crippen molar-refractivity contribution in [1.82, 2.24) is 5.32 Å². The van der Waals surface area contributed by atoms with E-state index in [9.17, 15) is 9.18 Å². The fourth-order valence-corrected chi connectivity index (χ4v) is 1.25. The summed E-state index contributed by atoms with van der Waals surface area (Å²) in [7, 11) is 0. The topological polar surface area (TPSA) is 29.1 Å². The lowest BCUT2D eigenvalue weighted by Gasteiger charge is -2.20. The summed E-state index contributed by atoms with van der Waals surface area (Å²) >= 11 is 5.69. The summed E-state index contributed by atoms with van der Waals surface area (Å²) in [6.07, 6.45) is 0. The molecular weight excluding hydrogens is 217 g/mol. The van der Waals surface area contributed by atoms with Crippen molar-refractivity contribution in [2.24, 2.45) is 0 Å². The van der Waals surface area contributed by atoms with E-state index >= 15 is 0 Å². The number of amides is 1. The molecule has 82 valence electrons. The maximum atomic E-state index is 13.3. The molecule has 0 aromatic heterocycles. The molecule has 0 aliphatic rings. The number of hydrogen-bond donors (Lipinski definition) is 1. The van der Waals surface area contributed by atoms with Gasteiger partial charge in [0.2, 0.25) is 0 Å². The van der Waals surface area contributed by atoms with Gasteiger partial charge in [0.15, 0.2) is 0 Å². The number of nitrogens with one attached hydrogen (secondary N) is 1. The Bertz CT molecular complexity index is 385. The molecule has 1 amide bonds.